The highest BCUT2D eigenvalue weighted by atomic mass is 32.3. The van der Waals surface area contributed by atoms with Gasteiger partial charge in [-0.2, -0.15) is 0 Å². The van der Waals surface area contributed by atoms with Gasteiger partial charge in [-0.25, -0.2) is 0 Å². The molecular weight excluding hydrogens is 200 g/mol. The van der Waals surface area contributed by atoms with Gasteiger partial charge in [0.05, 0.1) is 12.5 Å². The van der Waals surface area contributed by atoms with Crippen molar-refractivity contribution < 1.29 is 9.11 Å². The van der Waals surface area contributed by atoms with E-state index in [1.165, 1.54) is 11.8 Å². The van der Waals surface area contributed by atoms with E-state index in [-0.39, 0.29) is 9.16 Å². The number of hydrogen-bond donors (Lipinski definition) is 0. The molecule has 4 unspecified atom stereocenters. The fourth-order valence-corrected chi connectivity index (χ4v) is 3.43. The first kappa shape index (κ1) is 12.0. The summed E-state index contributed by atoms with van der Waals surface area (Å²) in [6.45, 7) is 3.79. The van der Waals surface area contributed by atoms with E-state index in [0.717, 1.165) is 0 Å². The molecule has 0 spiro atoms. The minimum absolute atomic E-state index is 0.0777. The van der Waals surface area contributed by atoms with E-state index in [0.29, 0.717) is 0 Å². The van der Waals surface area contributed by atoms with Crippen molar-refractivity contribution in [1.29, 1.82) is 0 Å². The third kappa shape index (κ3) is 5.25. The van der Waals surface area contributed by atoms with Gasteiger partial charge in [-0.3, -0.25) is 0 Å². The van der Waals surface area contributed by atoms with Crippen LogP contribution in [0.25, 0.3) is 0 Å². The quantitative estimate of drug-likeness (QED) is 0.660. The average Bonchev–Trinajstić information content (AvgIpc) is 1.87. The van der Waals surface area contributed by atoms with Gasteiger partial charge in [0.1, 0.15) is 0 Å². The number of hydrogen-bond acceptors (Lipinski definition) is 3. The van der Waals surface area contributed by atoms with Gasteiger partial charge in [0.15, 0.2) is 9.16 Å². The summed E-state index contributed by atoms with van der Waals surface area (Å²) in [7, 11) is 0. The Morgan fingerprint density at radius 1 is 1.00 bits per heavy atom. The summed E-state index contributed by atoms with van der Waals surface area (Å²) in [4.78, 5) is 0. The highest BCUT2D eigenvalue weighted by Crippen LogP contribution is 2.24. The van der Waals surface area contributed by atoms with Crippen LogP contribution in [0.3, 0.4) is 0 Å². The Hall–Kier alpha value is 0.970. The molecule has 0 bridgehead atoms. The third-order valence-electron chi connectivity index (χ3n) is 1.32. The lowest BCUT2D eigenvalue weighted by Gasteiger charge is -2.18. The predicted octanol–water partition coefficient (Wildman–Crippen LogP) is 1.17. The van der Waals surface area contributed by atoms with E-state index < -0.39 is 22.4 Å². The van der Waals surface area contributed by atoms with E-state index in [1.54, 1.807) is 12.5 Å². The van der Waals surface area contributed by atoms with Crippen LogP contribution < -0.4 is 0 Å². The van der Waals surface area contributed by atoms with Gasteiger partial charge in [-0.15, -0.1) is 0 Å². The highest BCUT2D eigenvalue weighted by Gasteiger charge is 2.21. The second kappa shape index (κ2) is 5.59. The summed E-state index contributed by atoms with van der Waals surface area (Å²) >= 11 is -0.122. The molecule has 68 valence electrons. The zero-order valence-electron chi connectivity index (χ0n) is 7.20. The van der Waals surface area contributed by atoms with Gasteiger partial charge < -0.3 is 9.11 Å². The number of thioether (sulfide) groups is 1. The largest absolute Gasteiger partial charge is 0.616 e. The van der Waals surface area contributed by atoms with Gasteiger partial charge >= 0.3 is 0 Å². The first-order valence-electron chi connectivity index (χ1n) is 3.25. The lowest BCUT2D eigenvalue weighted by molar-refractivity contribution is 0.598. The Morgan fingerprint density at radius 3 is 1.45 bits per heavy atom. The molecule has 0 amide bonds. The van der Waals surface area contributed by atoms with Gasteiger partial charge in [-0.05, 0) is 48.0 Å². The fraction of sp³-hybridized carbons (Fsp3) is 1.00. The zero-order valence-corrected chi connectivity index (χ0v) is 9.65. The lowest BCUT2D eigenvalue weighted by atomic mass is 10.9. The maximum atomic E-state index is 10.9. The monoisotopic (exact) mass is 214 g/mol. The van der Waals surface area contributed by atoms with E-state index in [2.05, 4.69) is 0 Å². The van der Waals surface area contributed by atoms with Crippen LogP contribution in [0, 0.1) is 0 Å². The van der Waals surface area contributed by atoms with Crippen LogP contribution in [0.4, 0.5) is 0 Å². The van der Waals surface area contributed by atoms with Gasteiger partial charge in [-0.1, -0.05) is 0 Å². The van der Waals surface area contributed by atoms with Crippen molar-refractivity contribution in [2.24, 2.45) is 0 Å². The van der Waals surface area contributed by atoms with Crippen LogP contribution in [0.1, 0.15) is 13.8 Å². The molecule has 4 atom stereocenters. The maximum Gasteiger partial charge on any atom is 0.162 e. The smallest absolute Gasteiger partial charge is 0.162 e. The zero-order chi connectivity index (χ0) is 9.02. The van der Waals surface area contributed by atoms with Crippen LogP contribution in [0.5, 0.6) is 0 Å². The normalized spacial score (nSPS) is 22.4. The molecule has 0 aromatic heterocycles. The molecule has 0 aliphatic rings. The average molecular weight is 214 g/mol. The number of rotatable bonds is 4. The molecule has 0 aliphatic carbocycles. The molecule has 2 nitrogen and oxygen atoms in total. The SMILES string of the molecule is CC(SC(C)[S+](C)[O-])[S+](C)[O-]. The van der Waals surface area contributed by atoms with E-state index in [9.17, 15) is 9.11 Å². The van der Waals surface area contributed by atoms with E-state index in [1.807, 2.05) is 13.8 Å². The summed E-state index contributed by atoms with van der Waals surface area (Å²) in [5.41, 5.74) is 0. The molecule has 5 heteroatoms. The predicted molar refractivity (Wildman–Crippen MR) is 54.6 cm³/mol. The van der Waals surface area contributed by atoms with Crippen molar-refractivity contribution in [3.05, 3.63) is 0 Å². The van der Waals surface area contributed by atoms with Crippen LogP contribution in [0.2, 0.25) is 0 Å². The summed E-state index contributed by atoms with van der Waals surface area (Å²) < 4.78 is 21.9. The standard InChI is InChI=1S/C6H14O2S3/c1-5(10(3)7)9-6(2)11(4)8/h5-6H,1-4H3. The Kier molecular flexibility index (Phi) is 6.08. The molecule has 0 N–H and O–H groups in total. The summed E-state index contributed by atoms with van der Waals surface area (Å²) in [5, 5.41) is 0. The van der Waals surface area contributed by atoms with Crippen molar-refractivity contribution in [1.82, 2.24) is 0 Å². The van der Waals surface area contributed by atoms with Crippen LogP contribution in [0.15, 0.2) is 0 Å². The molecule has 0 saturated heterocycles. The van der Waals surface area contributed by atoms with Crippen molar-refractivity contribution in [3.8, 4) is 0 Å². The first-order chi connectivity index (χ1) is 4.95. The minimum atomic E-state index is -0.819. The lowest BCUT2D eigenvalue weighted by Crippen LogP contribution is -2.20. The van der Waals surface area contributed by atoms with Crippen molar-refractivity contribution in [2.75, 3.05) is 12.5 Å². The van der Waals surface area contributed by atoms with Gasteiger partial charge in [0, 0.05) is 0 Å². The molecule has 0 aromatic carbocycles. The second-order valence-electron chi connectivity index (χ2n) is 2.27. The Labute approximate surface area is 78.9 Å². The molecule has 0 fully saturated rings. The molecule has 0 aromatic rings. The van der Waals surface area contributed by atoms with E-state index in [4.69, 9.17) is 0 Å². The minimum Gasteiger partial charge on any atom is -0.616 e. The summed E-state index contributed by atoms with van der Waals surface area (Å²) in [5.74, 6) is 0. The van der Waals surface area contributed by atoms with Gasteiger partial charge in [0.25, 0.3) is 0 Å². The third-order valence-corrected chi connectivity index (χ3v) is 6.25. The topological polar surface area (TPSA) is 46.1 Å². The van der Waals surface area contributed by atoms with Crippen molar-refractivity contribution in [3.63, 3.8) is 0 Å². The van der Waals surface area contributed by atoms with Crippen LogP contribution in [-0.2, 0) is 22.4 Å². The van der Waals surface area contributed by atoms with Crippen LogP contribution in [-0.4, -0.2) is 30.8 Å². The summed E-state index contributed by atoms with van der Waals surface area (Å²) in [6, 6.07) is 0. The Morgan fingerprint density at radius 2 is 1.27 bits per heavy atom. The Bertz CT molecular complexity index is 96.0. The van der Waals surface area contributed by atoms with Gasteiger partial charge in [0.2, 0.25) is 0 Å². The summed E-state index contributed by atoms with van der Waals surface area (Å²) in [6.07, 6.45) is 3.34. The molecule has 0 saturated carbocycles. The maximum absolute atomic E-state index is 10.9. The molecule has 0 heterocycles. The molecule has 0 aliphatic heterocycles. The van der Waals surface area contributed by atoms with Crippen molar-refractivity contribution in [2.45, 2.75) is 23.0 Å². The highest BCUT2D eigenvalue weighted by molar-refractivity contribution is 8.20. The van der Waals surface area contributed by atoms with Crippen molar-refractivity contribution >= 4 is 34.1 Å². The molecule has 11 heavy (non-hydrogen) atoms. The molecular formula is C6H14O2S3. The molecule has 0 radical (unpaired) electrons. The Balaban J connectivity index is 3.66. The fourth-order valence-electron chi connectivity index (χ4n) is 0.426. The second-order valence-corrected chi connectivity index (χ2v) is 7.96. The first-order valence-corrected chi connectivity index (χ1v) is 7.43. The van der Waals surface area contributed by atoms with E-state index >= 15 is 0 Å². The van der Waals surface area contributed by atoms with Crippen LogP contribution >= 0.6 is 11.8 Å². The molecule has 0 rings (SSSR count).